The standard InChI is InChI=1S/C9H11NO3.C3H6O2.C2H6/c1-9(2,11)7-3-5-8(6-4-7)10(12)13;1-2-5-3-4;1-2/h3-6,11H,1-2H3;3H,2H2,1H3;1-2H3. The molecule has 0 aliphatic carbocycles. The highest BCUT2D eigenvalue weighted by atomic mass is 16.6. The van der Waals surface area contributed by atoms with Crippen LogP contribution >= 0.6 is 0 Å². The highest BCUT2D eigenvalue weighted by Gasteiger charge is 2.16. The number of rotatable bonds is 4. The molecule has 0 aromatic heterocycles. The number of hydrogen-bond acceptors (Lipinski definition) is 5. The fraction of sp³-hybridized carbons (Fsp3) is 0.500. The Morgan fingerprint density at radius 3 is 1.95 bits per heavy atom. The first-order valence-electron chi connectivity index (χ1n) is 6.35. The van der Waals surface area contributed by atoms with E-state index in [0.717, 1.165) is 0 Å². The van der Waals surface area contributed by atoms with Crippen LogP contribution in [0.4, 0.5) is 5.69 Å². The fourth-order valence-corrected chi connectivity index (χ4v) is 1.06. The molecule has 1 aromatic carbocycles. The normalized spacial score (nSPS) is 9.30. The largest absolute Gasteiger partial charge is 0.468 e. The van der Waals surface area contributed by atoms with Crippen molar-refractivity contribution in [2.45, 2.75) is 40.2 Å². The first-order chi connectivity index (χ1) is 9.32. The van der Waals surface area contributed by atoms with E-state index < -0.39 is 10.5 Å². The van der Waals surface area contributed by atoms with E-state index in [1.54, 1.807) is 32.9 Å². The van der Waals surface area contributed by atoms with Crippen molar-refractivity contribution >= 4 is 12.2 Å². The molecule has 0 aliphatic rings. The Bertz CT molecular complexity index is 382. The summed E-state index contributed by atoms with van der Waals surface area (Å²) in [7, 11) is 0. The monoisotopic (exact) mass is 285 g/mol. The molecule has 0 spiro atoms. The Labute approximate surface area is 119 Å². The van der Waals surface area contributed by atoms with Crippen molar-refractivity contribution in [3.8, 4) is 0 Å². The molecule has 0 aliphatic heterocycles. The summed E-state index contributed by atoms with van der Waals surface area (Å²) in [5, 5.41) is 19.9. The van der Waals surface area contributed by atoms with Crippen LogP contribution in [0.15, 0.2) is 24.3 Å². The molecule has 1 N–H and O–H groups in total. The molecule has 0 heterocycles. The Hall–Kier alpha value is -1.95. The van der Waals surface area contributed by atoms with Crippen molar-refractivity contribution in [1.29, 1.82) is 0 Å². The number of non-ortho nitro benzene ring substituents is 1. The van der Waals surface area contributed by atoms with E-state index in [0.29, 0.717) is 18.6 Å². The zero-order valence-corrected chi connectivity index (χ0v) is 12.6. The van der Waals surface area contributed by atoms with Crippen LogP contribution in [0.25, 0.3) is 0 Å². The Balaban J connectivity index is 0. The second-order valence-electron chi connectivity index (χ2n) is 3.91. The van der Waals surface area contributed by atoms with Gasteiger partial charge in [0.05, 0.1) is 17.1 Å². The van der Waals surface area contributed by atoms with E-state index in [1.807, 2.05) is 13.8 Å². The Morgan fingerprint density at radius 1 is 1.30 bits per heavy atom. The predicted molar refractivity (Wildman–Crippen MR) is 77.4 cm³/mol. The van der Waals surface area contributed by atoms with Gasteiger partial charge in [0.15, 0.2) is 0 Å². The van der Waals surface area contributed by atoms with Gasteiger partial charge in [-0.05, 0) is 38.5 Å². The highest BCUT2D eigenvalue weighted by molar-refractivity contribution is 5.36. The topological polar surface area (TPSA) is 89.7 Å². The third-order valence-electron chi connectivity index (χ3n) is 2.02. The Morgan fingerprint density at radius 2 is 1.75 bits per heavy atom. The lowest BCUT2D eigenvalue weighted by Gasteiger charge is -2.16. The van der Waals surface area contributed by atoms with Gasteiger partial charge in [0, 0.05) is 12.1 Å². The molecule has 0 atom stereocenters. The minimum absolute atomic E-state index is 0.0352. The molecule has 20 heavy (non-hydrogen) atoms. The number of carbonyl (C=O) groups excluding carboxylic acids is 1. The van der Waals surface area contributed by atoms with E-state index in [9.17, 15) is 20.0 Å². The van der Waals surface area contributed by atoms with Crippen molar-refractivity contribution in [1.82, 2.24) is 0 Å². The Kier molecular flexibility index (Phi) is 11.1. The lowest BCUT2D eigenvalue weighted by Crippen LogP contribution is -2.14. The van der Waals surface area contributed by atoms with E-state index in [1.165, 1.54) is 12.1 Å². The summed E-state index contributed by atoms with van der Waals surface area (Å²) in [5.74, 6) is 0. The number of benzene rings is 1. The van der Waals surface area contributed by atoms with Crippen LogP contribution in [0, 0.1) is 10.1 Å². The van der Waals surface area contributed by atoms with Crippen LogP contribution in [-0.2, 0) is 15.1 Å². The maximum atomic E-state index is 10.3. The van der Waals surface area contributed by atoms with Crippen molar-refractivity contribution in [3.63, 3.8) is 0 Å². The number of ether oxygens (including phenoxy) is 1. The minimum Gasteiger partial charge on any atom is -0.468 e. The molecular weight excluding hydrogens is 262 g/mol. The van der Waals surface area contributed by atoms with Gasteiger partial charge >= 0.3 is 0 Å². The van der Waals surface area contributed by atoms with Gasteiger partial charge in [0.2, 0.25) is 0 Å². The second-order valence-corrected chi connectivity index (χ2v) is 3.91. The SMILES string of the molecule is CC.CC(C)(O)c1ccc([N+](=O)[O-])cc1.CCOC=O. The number of nitro benzene ring substituents is 1. The molecule has 0 fully saturated rings. The average Bonchev–Trinajstić information content (AvgIpc) is 2.42. The fourth-order valence-electron chi connectivity index (χ4n) is 1.06. The lowest BCUT2D eigenvalue weighted by molar-refractivity contribution is -0.384. The number of aliphatic hydroxyl groups is 1. The van der Waals surface area contributed by atoms with E-state index in [4.69, 9.17) is 0 Å². The average molecular weight is 285 g/mol. The number of nitrogens with zero attached hydrogens (tertiary/aromatic N) is 1. The molecular formula is C14H23NO5. The summed E-state index contributed by atoms with van der Waals surface area (Å²) in [6, 6.07) is 5.87. The summed E-state index contributed by atoms with van der Waals surface area (Å²) in [5.41, 5.74) is -0.249. The van der Waals surface area contributed by atoms with Crippen molar-refractivity contribution in [2.75, 3.05) is 6.61 Å². The molecule has 0 unspecified atom stereocenters. The van der Waals surface area contributed by atoms with Crippen LogP contribution in [0.3, 0.4) is 0 Å². The van der Waals surface area contributed by atoms with Crippen molar-refractivity contribution in [3.05, 3.63) is 39.9 Å². The zero-order valence-electron chi connectivity index (χ0n) is 12.6. The first kappa shape index (κ1) is 20.4. The van der Waals surface area contributed by atoms with Gasteiger partial charge in [-0.25, -0.2) is 0 Å². The number of hydrogen-bond donors (Lipinski definition) is 1. The molecule has 114 valence electrons. The molecule has 1 aromatic rings. The molecule has 6 heteroatoms. The van der Waals surface area contributed by atoms with Gasteiger partial charge in [-0.1, -0.05) is 13.8 Å². The van der Waals surface area contributed by atoms with Gasteiger partial charge in [0.1, 0.15) is 0 Å². The first-order valence-corrected chi connectivity index (χ1v) is 6.35. The lowest BCUT2D eigenvalue weighted by atomic mass is 9.98. The summed E-state index contributed by atoms with van der Waals surface area (Å²) in [4.78, 5) is 19.0. The van der Waals surface area contributed by atoms with Crippen LogP contribution in [0.2, 0.25) is 0 Å². The molecule has 0 radical (unpaired) electrons. The van der Waals surface area contributed by atoms with Gasteiger partial charge in [-0.3, -0.25) is 14.9 Å². The van der Waals surface area contributed by atoms with Crippen LogP contribution in [-0.4, -0.2) is 23.1 Å². The summed E-state index contributed by atoms with van der Waals surface area (Å²) < 4.78 is 4.15. The molecule has 1 rings (SSSR count). The minimum atomic E-state index is -0.949. The van der Waals surface area contributed by atoms with Gasteiger partial charge in [-0.2, -0.15) is 0 Å². The second kappa shape index (κ2) is 10.9. The smallest absolute Gasteiger partial charge is 0.293 e. The molecule has 0 saturated heterocycles. The van der Waals surface area contributed by atoms with Crippen molar-refractivity contribution in [2.24, 2.45) is 0 Å². The third kappa shape index (κ3) is 9.04. The maximum absolute atomic E-state index is 10.3. The highest BCUT2D eigenvalue weighted by Crippen LogP contribution is 2.21. The van der Waals surface area contributed by atoms with E-state index >= 15 is 0 Å². The van der Waals surface area contributed by atoms with Crippen LogP contribution in [0.1, 0.15) is 40.2 Å². The molecule has 0 saturated carbocycles. The van der Waals surface area contributed by atoms with Crippen LogP contribution in [0.5, 0.6) is 0 Å². The summed E-state index contributed by atoms with van der Waals surface area (Å²) in [6.07, 6.45) is 0. The number of nitro groups is 1. The van der Waals surface area contributed by atoms with Crippen LogP contribution < -0.4 is 0 Å². The number of carbonyl (C=O) groups is 1. The third-order valence-corrected chi connectivity index (χ3v) is 2.02. The molecule has 0 bridgehead atoms. The summed E-state index contributed by atoms with van der Waals surface area (Å²) >= 11 is 0. The molecule has 6 nitrogen and oxygen atoms in total. The molecule has 0 amide bonds. The van der Waals surface area contributed by atoms with E-state index in [2.05, 4.69) is 4.74 Å². The summed E-state index contributed by atoms with van der Waals surface area (Å²) in [6.45, 7) is 9.93. The maximum Gasteiger partial charge on any atom is 0.293 e. The van der Waals surface area contributed by atoms with Gasteiger partial charge in [-0.15, -0.1) is 0 Å². The quantitative estimate of drug-likeness (QED) is 0.521. The van der Waals surface area contributed by atoms with Crippen molar-refractivity contribution < 1.29 is 19.6 Å². The predicted octanol–water partition coefficient (Wildman–Crippen LogP) is 3.03. The van der Waals surface area contributed by atoms with E-state index in [-0.39, 0.29) is 5.69 Å². The zero-order chi connectivity index (χ0) is 16.2. The van der Waals surface area contributed by atoms with Gasteiger partial charge < -0.3 is 9.84 Å². The van der Waals surface area contributed by atoms with Gasteiger partial charge in [0.25, 0.3) is 12.2 Å².